The molecule has 0 heterocycles. The van der Waals surface area contributed by atoms with Gasteiger partial charge in [-0.05, 0) is 12.0 Å². The summed E-state index contributed by atoms with van der Waals surface area (Å²) in [5, 5.41) is 8.83. The molecule has 0 radical (unpaired) electrons. The molecule has 1 aromatic rings. The topological polar surface area (TPSA) is 66.6 Å². The lowest BCUT2D eigenvalue weighted by atomic mass is 10.1. The van der Waals surface area contributed by atoms with E-state index in [-0.39, 0.29) is 6.04 Å². The highest BCUT2D eigenvalue weighted by atomic mass is 16.4. The Morgan fingerprint density at radius 2 is 2.07 bits per heavy atom. The van der Waals surface area contributed by atoms with Crippen LogP contribution in [0.15, 0.2) is 30.3 Å². The maximum absolute atomic E-state index is 10.8. The lowest BCUT2D eigenvalue weighted by molar-refractivity contribution is 0.139. The average Bonchev–Trinajstić information content (AvgIpc) is 2.26. The van der Waals surface area contributed by atoms with Crippen molar-refractivity contribution >= 4 is 6.09 Å². The van der Waals surface area contributed by atoms with Crippen molar-refractivity contribution in [1.29, 1.82) is 0 Å². The van der Waals surface area contributed by atoms with Gasteiger partial charge >= 0.3 is 6.09 Å². The van der Waals surface area contributed by atoms with Gasteiger partial charge in [0.15, 0.2) is 0 Å². The summed E-state index contributed by atoms with van der Waals surface area (Å²) >= 11 is 0. The van der Waals surface area contributed by atoms with Crippen molar-refractivity contribution in [3.8, 4) is 0 Å². The van der Waals surface area contributed by atoms with Gasteiger partial charge in [0.2, 0.25) is 0 Å². The zero-order chi connectivity index (χ0) is 11.3. The maximum atomic E-state index is 10.8. The van der Waals surface area contributed by atoms with Gasteiger partial charge in [0.25, 0.3) is 0 Å². The Bertz CT molecular complexity index is 314. The molecule has 1 rings (SSSR count). The van der Waals surface area contributed by atoms with Crippen LogP contribution in [0.2, 0.25) is 0 Å². The number of hydrogen-bond donors (Lipinski definition) is 2. The van der Waals surface area contributed by atoms with E-state index in [2.05, 4.69) is 0 Å². The fraction of sp³-hybridized carbons (Fsp3) is 0.364. The molecule has 82 valence electrons. The van der Waals surface area contributed by atoms with Crippen molar-refractivity contribution in [3.05, 3.63) is 35.9 Å². The van der Waals surface area contributed by atoms with E-state index < -0.39 is 6.09 Å². The fourth-order valence-electron chi connectivity index (χ4n) is 1.42. The quantitative estimate of drug-likeness (QED) is 0.780. The third kappa shape index (κ3) is 3.25. The number of carboxylic acid groups (broad SMARTS) is 1. The molecule has 1 amide bonds. The molecule has 0 aliphatic carbocycles. The summed E-state index contributed by atoms with van der Waals surface area (Å²) in [6.07, 6.45) is -0.290. The summed E-state index contributed by atoms with van der Waals surface area (Å²) in [4.78, 5) is 12.0. The molecule has 0 saturated heterocycles. The number of amides is 1. The summed E-state index contributed by atoms with van der Waals surface area (Å²) < 4.78 is 0. The summed E-state index contributed by atoms with van der Waals surface area (Å²) in [5.74, 6) is 0. The van der Waals surface area contributed by atoms with E-state index in [4.69, 9.17) is 10.8 Å². The number of nitrogens with zero attached hydrogens (tertiary/aromatic N) is 1. The van der Waals surface area contributed by atoms with Crippen molar-refractivity contribution in [3.63, 3.8) is 0 Å². The van der Waals surface area contributed by atoms with Crippen LogP contribution in [0.1, 0.15) is 5.56 Å². The smallest absolute Gasteiger partial charge is 0.407 e. The van der Waals surface area contributed by atoms with E-state index in [0.29, 0.717) is 13.0 Å². The zero-order valence-corrected chi connectivity index (χ0v) is 8.76. The van der Waals surface area contributed by atoms with Gasteiger partial charge in [-0.2, -0.15) is 0 Å². The van der Waals surface area contributed by atoms with Crippen molar-refractivity contribution in [2.24, 2.45) is 5.73 Å². The van der Waals surface area contributed by atoms with E-state index in [1.54, 1.807) is 7.05 Å². The summed E-state index contributed by atoms with van der Waals surface area (Å²) in [6, 6.07) is 9.58. The van der Waals surface area contributed by atoms with Gasteiger partial charge in [-0.15, -0.1) is 0 Å². The molecule has 1 unspecified atom stereocenters. The van der Waals surface area contributed by atoms with Crippen molar-refractivity contribution in [2.45, 2.75) is 12.5 Å². The monoisotopic (exact) mass is 208 g/mol. The minimum absolute atomic E-state index is 0.162. The van der Waals surface area contributed by atoms with E-state index >= 15 is 0 Å². The Morgan fingerprint density at radius 1 is 1.47 bits per heavy atom. The van der Waals surface area contributed by atoms with Crippen LogP contribution < -0.4 is 5.73 Å². The van der Waals surface area contributed by atoms with E-state index in [1.807, 2.05) is 30.3 Å². The fourth-order valence-corrected chi connectivity index (χ4v) is 1.42. The Balaban J connectivity index is 2.66. The molecule has 0 aliphatic rings. The van der Waals surface area contributed by atoms with Crippen LogP contribution in [0.5, 0.6) is 0 Å². The van der Waals surface area contributed by atoms with E-state index in [9.17, 15) is 4.79 Å². The highest BCUT2D eigenvalue weighted by Gasteiger charge is 2.17. The first-order chi connectivity index (χ1) is 7.15. The molecule has 0 saturated carbocycles. The molecule has 1 aromatic carbocycles. The van der Waals surface area contributed by atoms with Crippen LogP contribution in [-0.4, -0.2) is 35.7 Å². The number of rotatable bonds is 4. The molecule has 0 fully saturated rings. The zero-order valence-electron chi connectivity index (χ0n) is 8.76. The molecule has 4 heteroatoms. The predicted molar refractivity (Wildman–Crippen MR) is 58.8 cm³/mol. The number of carbonyl (C=O) groups is 1. The van der Waals surface area contributed by atoms with Gasteiger partial charge < -0.3 is 15.7 Å². The lowest BCUT2D eigenvalue weighted by Crippen LogP contribution is -2.42. The van der Waals surface area contributed by atoms with E-state index in [0.717, 1.165) is 5.56 Å². The minimum atomic E-state index is -0.943. The molecule has 4 nitrogen and oxygen atoms in total. The third-order valence-corrected chi connectivity index (χ3v) is 2.44. The molecule has 3 N–H and O–H groups in total. The highest BCUT2D eigenvalue weighted by Crippen LogP contribution is 2.06. The molecular weight excluding hydrogens is 192 g/mol. The molecule has 0 aromatic heterocycles. The van der Waals surface area contributed by atoms with Gasteiger partial charge in [0, 0.05) is 13.6 Å². The van der Waals surface area contributed by atoms with Gasteiger partial charge in [0.1, 0.15) is 0 Å². The SMILES string of the molecule is CN(C(=O)O)C(CN)Cc1ccccc1. The Labute approximate surface area is 89.3 Å². The second kappa shape index (κ2) is 5.36. The molecule has 0 aliphatic heterocycles. The van der Waals surface area contributed by atoms with Crippen LogP contribution in [-0.2, 0) is 6.42 Å². The largest absolute Gasteiger partial charge is 0.465 e. The summed E-state index contributed by atoms with van der Waals surface area (Å²) in [7, 11) is 1.54. The second-order valence-corrected chi connectivity index (χ2v) is 3.47. The minimum Gasteiger partial charge on any atom is -0.465 e. The molecule has 1 atom stereocenters. The van der Waals surface area contributed by atoms with Gasteiger partial charge in [-0.3, -0.25) is 0 Å². The van der Waals surface area contributed by atoms with Gasteiger partial charge in [-0.1, -0.05) is 30.3 Å². The number of likely N-dealkylation sites (N-methyl/N-ethyl adjacent to an activating group) is 1. The molecule has 15 heavy (non-hydrogen) atoms. The van der Waals surface area contributed by atoms with Gasteiger partial charge in [0.05, 0.1) is 6.04 Å². The summed E-state index contributed by atoms with van der Waals surface area (Å²) in [5.41, 5.74) is 6.65. The standard InChI is InChI=1S/C11H16N2O2/c1-13(11(14)15)10(8-12)7-9-5-3-2-4-6-9/h2-6,10H,7-8,12H2,1H3,(H,14,15). The Morgan fingerprint density at radius 3 is 2.53 bits per heavy atom. The Kier molecular flexibility index (Phi) is 4.12. The first kappa shape index (κ1) is 11.5. The van der Waals surface area contributed by atoms with Crippen LogP contribution in [0, 0.1) is 0 Å². The highest BCUT2D eigenvalue weighted by molar-refractivity contribution is 5.65. The van der Waals surface area contributed by atoms with Crippen LogP contribution in [0.3, 0.4) is 0 Å². The Hall–Kier alpha value is -1.55. The molecular formula is C11H16N2O2. The summed E-state index contributed by atoms with van der Waals surface area (Å²) in [6.45, 7) is 0.331. The predicted octanol–water partition coefficient (Wildman–Crippen LogP) is 1.17. The first-order valence-corrected chi connectivity index (χ1v) is 4.85. The number of hydrogen-bond acceptors (Lipinski definition) is 2. The third-order valence-electron chi connectivity index (χ3n) is 2.44. The van der Waals surface area contributed by atoms with Crippen molar-refractivity contribution in [1.82, 2.24) is 4.90 Å². The lowest BCUT2D eigenvalue weighted by Gasteiger charge is -2.24. The van der Waals surface area contributed by atoms with Crippen molar-refractivity contribution in [2.75, 3.05) is 13.6 Å². The molecule has 0 spiro atoms. The molecule has 0 bridgehead atoms. The number of benzene rings is 1. The normalized spacial score (nSPS) is 12.1. The second-order valence-electron chi connectivity index (χ2n) is 3.47. The maximum Gasteiger partial charge on any atom is 0.407 e. The average molecular weight is 208 g/mol. The van der Waals surface area contributed by atoms with E-state index in [1.165, 1.54) is 4.90 Å². The number of nitrogens with two attached hydrogens (primary N) is 1. The van der Waals surface area contributed by atoms with Crippen LogP contribution >= 0.6 is 0 Å². The van der Waals surface area contributed by atoms with Gasteiger partial charge in [-0.25, -0.2) is 4.79 Å². The first-order valence-electron chi connectivity index (χ1n) is 4.85. The van der Waals surface area contributed by atoms with Crippen LogP contribution in [0.25, 0.3) is 0 Å². The van der Waals surface area contributed by atoms with Crippen molar-refractivity contribution < 1.29 is 9.90 Å². The van der Waals surface area contributed by atoms with Crippen LogP contribution in [0.4, 0.5) is 4.79 Å².